The molecule has 0 fully saturated rings. The molecule has 0 unspecified atom stereocenters. The Kier molecular flexibility index (Phi) is 4.95. The first-order chi connectivity index (χ1) is 22.2. The van der Waals surface area contributed by atoms with Gasteiger partial charge in [-0.15, -0.1) is 0 Å². The summed E-state index contributed by atoms with van der Waals surface area (Å²) in [4.78, 5) is 0. The van der Waals surface area contributed by atoms with Crippen molar-refractivity contribution in [3.63, 3.8) is 0 Å². The Balaban J connectivity index is 1.15. The maximum atomic E-state index is 2.46. The van der Waals surface area contributed by atoms with Gasteiger partial charge in [-0.1, -0.05) is 103 Å². The number of fused-ring (bicyclic) bond motifs is 9. The Labute approximate surface area is 260 Å². The number of para-hydroxylation sites is 2. The predicted octanol–water partition coefficient (Wildman–Crippen LogP) is 11.6. The SMILES string of the molecule is Cc1ccc2c3cc(-c4ccc5c(c4)c4ccccc4n5-c4ccc(-c5ccccc5)cc4)ccc3n3c4ccccc4c1c23. The van der Waals surface area contributed by atoms with E-state index < -0.39 is 0 Å². The summed E-state index contributed by atoms with van der Waals surface area (Å²) in [6.45, 7) is 2.23. The van der Waals surface area contributed by atoms with Crippen LogP contribution in [0.1, 0.15) is 5.56 Å². The fraction of sp³-hybridized carbons (Fsp3) is 0.0233. The number of aromatic nitrogens is 2. The van der Waals surface area contributed by atoms with Gasteiger partial charge >= 0.3 is 0 Å². The predicted molar refractivity (Wildman–Crippen MR) is 191 cm³/mol. The zero-order valence-electron chi connectivity index (χ0n) is 24.8. The van der Waals surface area contributed by atoms with Crippen LogP contribution in [0.15, 0.2) is 152 Å². The van der Waals surface area contributed by atoms with Crippen molar-refractivity contribution in [1.82, 2.24) is 8.97 Å². The van der Waals surface area contributed by atoms with E-state index in [0.29, 0.717) is 0 Å². The van der Waals surface area contributed by atoms with E-state index in [1.807, 2.05) is 0 Å². The molecule has 3 aromatic heterocycles. The fourth-order valence-corrected chi connectivity index (χ4v) is 7.72. The topological polar surface area (TPSA) is 9.34 Å². The van der Waals surface area contributed by atoms with Gasteiger partial charge in [-0.2, -0.15) is 0 Å². The monoisotopic (exact) mass is 572 g/mol. The Hall–Kier alpha value is -5.86. The maximum Gasteiger partial charge on any atom is 0.0623 e. The average Bonchev–Trinajstić information content (AvgIpc) is 3.74. The van der Waals surface area contributed by atoms with E-state index in [9.17, 15) is 0 Å². The fourth-order valence-electron chi connectivity index (χ4n) is 7.72. The summed E-state index contributed by atoms with van der Waals surface area (Å²) in [5, 5.41) is 7.86. The first-order valence-corrected chi connectivity index (χ1v) is 15.6. The van der Waals surface area contributed by atoms with Crippen molar-refractivity contribution < 1.29 is 0 Å². The Bertz CT molecular complexity index is 2740. The molecule has 0 saturated heterocycles. The largest absolute Gasteiger partial charge is 0.309 e. The van der Waals surface area contributed by atoms with Crippen LogP contribution in [0.5, 0.6) is 0 Å². The van der Waals surface area contributed by atoms with Gasteiger partial charge in [0.15, 0.2) is 0 Å². The van der Waals surface area contributed by atoms with Gasteiger partial charge in [0.05, 0.1) is 27.6 Å². The summed E-state index contributed by atoms with van der Waals surface area (Å²) in [6, 6.07) is 55.6. The zero-order chi connectivity index (χ0) is 29.6. The van der Waals surface area contributed by atoms with Crippen molar-refractivity contribution in [1.29, 1.82) is 0 Å². The van der Waals surface area contributed by atoms with Gasteiger partial charge < -0.3 is 8.97 Å². The summed E-state index contributed by atoms with van der Waals surface area (Å²) < 4.78 is 4.86. The third-order valence-electron chi connectivity index (χ3n) is 9.79. The molecular formula is C43H28N2. The first kappa shape index (κ1) is 24.6. The Morgan fingerprint density at radius 3 is 1.71 bits per heavy atom. The highest BCUT2D eigenvalue weighted by atomic mass is 15.0. The zero-order valence-corrected chi connectivity index (χ0v) is 24.8. The second-order valence-corrected chi connectivity index (χ2v) is 12.2. The van der Waals surface area contributed by atoms with Gasteiger partial charge in [0.1, 0.15) is 0 Å². The van der Waals surface area contributed by atoms with Crippen molar-refractivity contribution in [2.45, 2.75) is 6.92 Å². The lowest BCUT2D eigenvalue weighted by molar-refractivity contribution is 1.18. The molecule has 2 nitrogen and oxygen atoms in total. The molecule has 0 radical (unpaired) electrons. The van der Waals surface area contributed by atoms with Crippen molar-refractivity contribution in [3.8, 4) is 27.9 Å². The Morgan fingerprint density at radius 1 is 0.378 bits per heavy atom. The molecule has 0 aliphatic carbocycles. The molecule has 0 N–H and O–H groups in total. The van der Waals surface area contributed by atoms with Gasteiger partial charge in [0.25, 0.3) is 0 Å². The van der Waals surface area contributed by atoms with Crippen LogP contribution >= 0.6 is 0 Å². The van der Waals surface area contributed by atoms with E-state index in [1.165, 1.54) is 93.4 Å². The van der Waals surface area contributed by atoms with Crippen molar-refractivity contribution in [2.24, 2.45) is 0 Å². The molecule has 0 aliphatic heterocycles. The van der Waals surface area contributed by atoms with Crippen LogP contribution in [0.25, 0.3) is 87.8 Å². The van der Waals surface area contributed by atoms with Gasteiger partial charge in [0.2, 0.25) is 0 Å². The molecule has 10 rings (SSSR count). The normalized spacial score (nSPS) is 12.1. The molecular weight excluding hydrogens is 544 g/mol. The number of aryl methyl sites for hydroxylation is 1. The van der Waals surface area contributed by atoms with E-state index in [-0.39, 0.29) is 0 Å². The van der Waals surface area contributed by atoms with Crippen molar-refractivity contribution in [2.75, 3.05) is 0 Å². The molecule has 10 aromatic rings. The van der Waals surface area contributed by atoms with Gasteiger partial charge in [-0.3, -0.25) is 0 Å². The van der Waals surface area contributed by atoms with E-state index in [0.717, 1.165) is 0 Å². The second kappa shape index (κ2) is 9.07. The third kappa shape index (κ3) is 3.39. The van der Waals surface area contributed by atoms with E-state index >= 15 is 0 Å². The van der Waals surface area contributed by atoms with Gasteiger partial charge in [-0.25, -0.2) is 0 Å². The molecule has 0 saturated carbocycles. The van der Waals surface area contributed by atoms with Crippen molar-refractivity contribution in [3.05, 3.63) is 157 Å². The van der Waals surface area contributed by atoms with Crippen LogP contribution in [-0.4, -0.2) is 8.97 Å². The van der Waals surface area contributed by atoms with E-state index in [2.05, 4.69) is 168 Å². The minimum absolute atomic E-state index is 1.17. The quantitative estimate of drug-likeness (QED) is 0.199. The van der Waals surface area contributed by atoms with E-state index in [4.69, 9.17) is 0 Å². The smallest absolute Gasteiger partial charge is 0.0623 e. The summed E-state index contributed by atoms with van der Waals surface area (Å²) in [5.74, 6) is 0. The molecule has 0 spiro atoms. The van der Waals surface area contributed by atoms with Crippen molar-refractivity contribution >= 4 is 59.9 Å². The minimum atomic E-state index is 1.17. The summed E-state index contributed by atoms with van der Waals surface area (Å²) >= 11 is 0. The number of benzene rings is 7. The van der Waals surface area contributed by atoms with Crippen LogP contribution < -0.4 is 0 Å². The average molecular weight is 573 g/mol. The van der Waals surface area contributed by atoms with Crippen LogP contribution in [-0.2, 0) is 0 Å². The molecule has 7 aromatic carbocycles. The number of rotatable bonds is 3. The number of hydrogen-bond donors (Lipinski definition) is 0. The summed E-state index contributed by atoms with van der Waals surface area (Å²) in [6.07, 6.45) is 0. The molecule has 0 bridgehead atoms. The number of nitrogens with zero attached hydrogens (tertiary/aromatic N) is 2. The first-order valence-electron chi connectivity index (χ1n) is 15.6. The molecule has 2 heteroatoms. The van der Waals surface area contributed by atoms with Crippen LogP contribution in [0.2, 0.25) is 0 Å². The molecule has 0 atom stereocenters. The second-order valence-electron chi connectivity index (χ2n) is 12.2. The molecule has 210 valence electrons. The van der Waals surface area contributed by atoms with Crippen LogP contribution in [0.3, 0.4) is 0 Å². The Morgan fingerprint density at radius 2 is 0.933 bits per heavy atom. The lowest BCUT2D eigenvalue weighted by Crippen LogP contribution is -1.93. The highest BCUT2D eigenvalue weighted by molar-refractivity contribution is 6.24. The highest BCUT2D eigenvalue weighted by Gasteiger charge is 2.19. The van der Waals surface area contributed by atoms with Crippen LogP contribution in [0, 0.1) is 6.92 Å². The summed E-state index contributed by atoms with van der Waals surface area (Å²) in [7, 11) is 0. The summed E-state index contributed by atoms with van der Waals surface area (Å²) in [5.41, 5.74) is 13.7. The molecule has 45 heavy (non-hydrogen) atoms. The minimum Gasteiger partial charge on any atom is -0.309 e. The van der Waals surface area contributed by atoms with E-state index in [1.54, 1.807) is 0 Å². The number of hydrogen-bond acceptors (Lipinski definition) is 0. The lowest BCUT2D eigenvalue weighted by atomic mass is 9.99. The van der Waals surface area contributed by atoms with Crippen LogP contribution in [0.4, 0.5) is 0 Å². The third-order valence-corrected chi connectivity index (χ3v) is 9.79. The molecule has 0 amide bonds. The van der Waals surface area contributed by atoms with Gasteiger partial charge in [0, 0.05) is 38.0 Å². The maximum absolute atomic E-state index is 2.46. The molecule has 0 aliphatic rings. The van der Waals surface area contributed by atoms with Gasteiger partial charge in [-0.05, 0) is 83.3 Å². The standard InChI is InChI=1S/C43H28N2/c1-27-15-22-34-37-26-31(19-24-41(37)45-39-14-8-6-12-35(39)42(27)43(34)45)30-18-23-40-36(25-30)33-11-5-7-13-38(33)44(40)32-20-16-29(17-21-32)28-9-3-2-4-10-28/h2-26H,1H3. The lowest BCUT2D eigenvalue weighted by Gasteiger charge is -2.10. The molecule has 3 heterocycles. The highest BCUT2D eigenvalue weighted by Crippen LogP contribution is 2.42.